The van der Waals surface area contributed by atoms with Crippen LogP contribution in [0.25, 0.3) is 10.6 Å². The molecule has 0 saturated heterocycles. The van der Waals surface area contributed by atoms with Gasteiger partial charge in [-0.2, -0.15) is 0 Å². The fourth-order valence-electron chi connectivity index (χ4n) is 2.49. The fourth-order valence-corrected chi connectivity index (χ4v) is 3.32. The summed E-state index contributed by atoms with van der Waals surface area (Å²) in [5.74, 6) is -3.31. The molecule has 0 spiro atoms. The van der Waals surface area contributed by atoms with Crippen LogP contribution in [-0.2, 0) is 4.74 Å². The van der Waals surface area contributed by atoms with Crippen molar-refractivity contribution in [2.45, 2.75) is 0 Å². The molecule has 0 unspecified atom stereocenters. The lowest BCUT2D eigenvalue weighted by atomic mass is 10.1. The number of anilines is 1. The van der Waals surface area contributed by atoms with Crippen LogP contribution in [0.15, 0.2) is 41.8 Å². The number of thiazole rings is 1. The van der Waals surface area contributed by atoms with Crippen molar-refractivity contribution in [1.29, 1.82) is 0 Å². The minimum Gasteiger partial charge on any atom is -0.495 e. The van der Waals surface area contributed by atoms with Crippen LogP contribution >= 0.6 is 11.3 Å². The first-order valence-corrected chi connectivity index (χ1v) is 8.80. The first kappa shape index (κ1) is 19.4. The minimum absolute atomic E-state index is 0.0998. The van der Waals surface area contributed by atoms with E-state index >= 15 is 0 Å². The number of rotatable bonds is 5. The molecule has 1 aromatic heterocycles. The number of benzene rings is 2. The van der Waals surface area contributed by atoms with Crippen LogP contribution in [0.4, 0.5) is 14.5 Å². The molecule has 2 aromatic carbocycles. The molecular formula is C19H14F2N2O4S. The first-order valence-electron chi connectivity index (χ1n) is 7.92. The summed E-state index contributed by atoms with van der Waals surface area (Å²) in [5, 5.41) is 4.38. The molecule has 3 rings (SSSR count). The van der Waals surface area contributed by atoms with Crippen LogP contribution in [0.5, 0.6) is 5.75 Å². The lowest BCUT2D eigenvalue weighted by Gasteiger charge is -2.14. The number of carbonyl (C=O) groups excluding carboxylic acids is 2. The molecule has 1 heterocycles. The second-order valence-corrected chi connectivity index (χ2v) is 6.32. The normalized spacial score (nSPS) is 10.4. The Morgan fingerprint density at radius 3 is 2.39 bits per heavy atom. The summed E-state index contributed by atoms with van der Waals surface area (Å²) in [6.07, 6.45) is 0. The topological polar surface area (TPSA) is 77.5 Å². The van der Waals surface area contributed by atoms with Gasteiger partial charge in [-0.25, -0.2) is 18.6 Å². The van der Waals surface area contributed by atoms with Gasteiger partial charge in [0, 0.05) is 10.9 Å². The number of hydrogen-bond acceptors (Lipinski definition) is 6. The van der Waals surface area contributed by atoms with Gasteiger partial charge in [0.1, 0.15) is 28.0 Å². The molecule has 9 heteroatoms. The summed E-state index contributed by atoms with van der Waals surface area (Å²) in [6.45, 7) is 0. The summed E-state index contributed by atoms with van der Waals surface area (Å²) < 4.78 is 37.8. The third-order valence-corrected chi connectivity index (χ3v) is 4.68. The third kappa shape index (κ3) is 3.70. The zero-order valence-electron chi connectivity index (χ0n) is 14.8. The van der Waals surface area contributed by atoms with Gasteiger partial charge in [0.05, 0.1) is 19.9 Å². The molecule has 1 amide bonds. The van der Waals surface area contributed by atoms with Crippen molar-refractivity contribution in [1.82, 2.24) is 4.98 Å². The van der Waals surface area contributed by atoms with E-state index in [9.17, 15) is 18.4 Å². The molecule has 0 aliphatic heterocycles. The predicted molar refractivity (Wildman–Crippen MR) is 99.8 cm³/mol. The Morgan fingerprint density at radius 1 is 1.07 bits per heavy atom. The van der Waals surface area contributed by atoms with Crippen LogP contribution in [0.3, 0.4) is 0 Å². The van der Waals surface area contributed by atoms with Crippen molar-refractivity contribution in [3.05, 3.63) is 64.7 Å². The van der Waals surface area contributed by atoms with E-state index in [-0.39, 0.29) is 17.1 Å². The van der Waals surface area contributed by atoms with Crippen molar-refractivity contribution in [2.24, 2.45) is 0 Å². The van der Waals surface area contributed by atoms with E-state index in [1.165, 1.54) is 25.7 Å². The average Bonchev–Trinajstić information content (AvgIpc) is 3.17. The molecule has 6 nitrogen and oxygen atoms in total. The first-order chi connectivity index (χ1) is 13.5. The van der Waals surface area contributed by atoms with Gasteiger partial charge in [0.15, 0.2) is 5.69 Å². The third-order valence-electron chi connectivity index (χ3n) is 3.80. The Hall–Kier alpha value is -3.33. The van der Waals surface area contributed by atoms with Gasteiger partial charge in [-0.15, -0.1) is 11.3 Å². The lowest BCUT2D eigenvalue weighted by molar-refractivity contribution is 0.0595. The monoisotopic (exact) mass is 404 g/mol. The number of carbonyl (C=O) groups is 2. The van der Waals surface area contributed by atoms with Crippen molar-refractivity contribution >= 4 is 28.9 Å². The highest BCUT2D eigenvalue weighted by molar-refractivity contribution is 7.13. The SMILES string of the molecule is COC(=O)c1csc(-c2cccc(OC)c2NC(=O)c2c(F)cccc2F)n1. The Morgan fingerprint density at radius 2 is 1.75 bits per heavy atom. The summed E-state index contributed by atoms with van der Waals surface area (Å²) >= 11 is 1.14. The van der Waals surface area contributed by atoms with Crippen molar-refractivity contribution in [3.63, 3.8) is 0 Å². The van der Waals surface area contributed by atoms with Gasteiger partial charge in [-0.3, -0.25) is 4.79 Å². The molecule has 144 valence electrons. The zero-order valence-corrected chi connectivity index (χ0v) is 15.6. The van der Waals surface area contributed by atoms with E-state index in [2.05, 4.69) is 15.0 Å². The lowest BCUT2D eigenvalue weighted by Crippen LogP contribution is -2.17. The van der Waals surface area contributed by atoms with Crippen LogP contribution in [0, 0.1) is 11.6 Å². The molecule has 0 aliphatic rings. The Balaban J connectivity index is 2.04. The van der Waals surface area contributed by atoms with Gasteiger partial charge in [0.25, 0.3) is 5.91 Å². The van der Waals surface area contributed by atoms with Crippen LogP contribution in [0.2, 0.25) is 0 Å². The number of esters is 1. The number of halogens is 2. The van der Waals surface area contributed by atoms with Gasteiger partial charge in [-0.05, 0) is 24.3 Å². The van der Waals surface area contributed by atoms with E-state index in [0.717, 1.165) is 23.5 Å². The molecule has 28 heavy (non-hydrogen) atoms. The predicted octanol–water partition coefficient (Wildman–Crippen LogP) is 4.14. The molecule has 3 aromatic rings. The van der Waals surface area contributed by atoms with Crippen molar-refractivity contribution < 1.29 is 27.8 Å². The van der Waals surface area contributed by atoms with Gasteiger partial charge < -0.3 is 14.8 Å². The molecule has 0 bridgehead atoms. The van der Waals surface area contributed by atoms with E-state index in [4.69, 9.17) is 4.74 Å². The van der Waals surface area contributed by atoms with Crippen LogP contribution < -0.4 is 10.1 Å². The van der Waals surface area contributed by atoms with E-state index in [1.807, 2.05) is 0 Å². The summed E-state index contributed by atoms with van der Waals surface area (Å²) in [4.78, 5) is 28.4. The maximum atomic E-state index is 13.9. The number of nitrogens with one attached hydrogen (secondary N) is 1. The van der Waals surface area contributed by atoms with Gasteiger partial charge in [-0.1, -0.05) is 12.1 Å². The second-order valence-electron chi connectivity index (χ2n) is 5.46. The minimum atomic E-state index is -0.990. The van der Waals surface area contributed by atoms with Crippen LogP contribution in [-0.4, -0.2) is 31.1 Å². The van der Waals surface area contributed by atoms with Crippen molar-refractivity contribution in [2.75, 3.05) is 19.5 Å². The summed E-state index contributed by atoms with van der Waals surface area (Å²) in [7, 11) is 2.63. The zero-order chi connectivity index (χ0) is 20.3. The Kier molecular flexibility index (Phi) is 5.65. The quantitative estimate of drug-likeness (QED) is 0.647. The van der Waals surface area contributed by atoms with E-state index < -0.39 is 29.1 Å². The Bertz CT molecular complexity index is 1030. The molecule has 0 radical (unpaired) electrons. The molecule has 0 atom stereocenters. The highest BCUT2D eigenvalue weighted by Gasteiger charge is 2.22. The fraction of sp³-hybridized carbons (Fsp3) is 0.105. The number of para-hydroxylation sites is 1. The maximum absolute atomic E-state index is 13.9. The molecule has 0 saturated carbocycles. The number of methoxy groups -OCH3 is 2. The smallest absolute Gasteiger partial charge is 0.357 e. The molecule has 0 fully saturated rings. The second kappa shape index (κ2) is 8.13. The van der Waals surface area contributed by atoms with E-state index in [1.54, 1.807) is 18.2 Å². The van der Waals surface area contributed by atoms with Crippen molar-refractivity contribution in [3.8, 4) is 16.3 Å². The highest BCUT2D eigenvalue weighted by atomic mass is 32.1. The number of aromatic nitrogens is 1. The molecule has 0 aliphatic carbocycles. The number of hydrogen-bond donors (Lipinski definition) is 1. The van der Waals surface area contributed by atoms with Crippen LogP contribution in [0.1, 0.15) is 20.8 Å². The Labute approximate surface area is 162 Å². The maximum Gasteiger partial charge on any atom is 0.357 e. The largest absolute Gasteiger partial charge is 0.495 e. The van der Waals surface area contributed by atoms with E-state index in [0.29, 0.717) is 10.6 Å². The van der Waals surface area contributed by atoms with Gasteiger partial charge >= 0.3 is 5.97 Å². The summed E-state index contributed by atoms with van der Waals surface area (Å²) in [5.41, 5.74) is -0.0236. The summed E-state index contributed by atoms with van der Waals surface area (Å²) in [6, 6.07) is 8.02. The standard InChI is InChI=1S/C19H14F2N2O4S/c1-26-14-8-3-5-10(18-22-13(9-28-18)19(25)27-2)16(14)23-17(24)15-11(20)6-4-7-12(15)21/h3-9H,1-2H3,(H,23,24). The molecular weight excluding hydrogens is 390 g/mol. The number of nitrogens with zero attached hydrogens (tertiary/aromatic N) is 1. The highest BCUT2D eigenvalue weighted by Crippen LogP contribution is 2.37. The molecule has 1 N–H and O–H groups in total. The number of amides is 1. The number of ether oxygens (including phenoxy) is 2. The van der Waals surface area contributed by atoms with Gasteiger partial charge in [0.2, 0.25) is 0 Å². The average molecular weight is 404 g/mol.